The minimum Gasteiger partial charge on any atom is -0.394 e. The molecule has 0 bridgehead atoms. The SMILES string of the molecule is N[C@@H](CO)c1c[nH]cc1Cl. The molecule has 0 radical (unpaired) electrons. The van der Waals surface area contributed by atoms with Crippen molar-refractivity contribution in [1.29, 1.82) is 0 Å². The molecule has 0 spiro atoms. The van der Waals surface area contributed by atoms with Crippen molar-refractivity contribution in [2.45, 2.75) is 6.04 Å². The molecule has 0 saturated heterocycles. The number of nitrogens with two attached hydrogens (primary N) is 1. The maximum Gasteiger partial charge on any atom is 0.0629 e. The first-order chi connectivity index (χ1) is 4.75. The standard InChI is InChI=1S/C6H9ClN2O/c7-5-2-9-1-4(5)6(8)3-10/h1-2,6,9-10H,3,8H2/t6-/m0/s1. The molecule has 0 aliphatic heterocycles. The van der Waals surface area contributed by atoms with E-state index >= 15 is 0 Å². The van der Waals surface area contributed by atoms with Gasteiger partial charge in [-0.05, 0) is 0 Å². The highest BCUT2D eigenvalue weighted by Gasteiger charge is 2.08. The number of hydrogen-bond acceptors (Lipinski definition) is 2. The molecule has 1 aromatic rings. The minimum atomic E-state index is -0.376. The van der Waals surface area contributed by atoms with E-state index < -0.39 is 0 Å². The predicted octanol–water partition coefficient (Wildman–Crippen LogP) is 0.660. The number of nitrogens with one attached hydrogen (secondary N) is 1. The number of hydrogen-bond donors (Lipinski definition) is 3. The normalized spacial score (nSPS) is 13.5. The average Bonchev–Trinajstić information content (AvgIpc) is 2.34. The molecule has 0 amide bonds. The summed E-state index contributed by atoms with van der Waals surface area (Å²) in [7, 11) is 0. The smallest absolute Gasteiger partial charge is 0.0629 e. The van der Waals surface area contributed by atoms with E-state index in [-0.39, 0.29) is 12.6 Å². The number of aromatic nitrogens is 1. The third kappa shape index (κ3) is 1.31. The molecule has 1 aromatic heterocycles. The maximum absolute atomic E-state index is 8.63. The fourth-order valence-corrected chi connectivity index (χ4v) is 0.997. The highest BCUT2D eigenvalue weighted by atomic mass is 35.5. The van der Waals surface area contributed by atoms with Crippen LogP contribution in [0.1, 0.15) is 11.6 Å². The lowest BCUT2D eigenvalue weighted by molar-refractivity contribution is 0.268. The number of aliphatic hydroxyl groups excluding tert-OH is 1. The molecule has 56 valence electrons. The van der Waals surface area contributed by atoms with Crippen molar-refractivity contribution in [3.05, 3.63) is 23.0 Å². The second-order valence-corrected chi connectivity index (χ2v) is 2.45. The fourth-order valence-electron chi connectivity index (χ4n) is 0.739. The van der Waals surface area contributed by atoms with Crippen LogP contribution < -0.4 is 5.73 Å². The summed E-state index contributed by atoms with van der Waals surface area (Å²) in [6.45, 7) is -0.0857. The van der Waals surface area contributed by atoms with Crippen molar-refractivity contribution < 1.29 is 5.11 Å². The Bertz CT molecular complexity index is 211. The molecule has 1 rings (SSSR count). The summed E-state index contributed by atoms with van der Waals surface area (Å²) in [5.74, 6) is 0. The summed E-state index contributed by atoms with van der Waals surface area (Å²) in [5, 5.41) is 9.20. The zero-order valence-corrected chi connectivity index (χ0v) is 6.10. The van der Waals surface area contributed by atoms with Gasteiger partial charge in [0.2, 0.25) is 0 Å². The van der Waals surface area contributed by atoms with Crippen molar-refractivity contribution in [3.8, 4) is 0 Å². The van der Waals surface area contributed by atoms with Crippen LogP contribution >= 0.6 is 11.6 Å². The Morgan fingerprint density at radius 1 is 1.70 bits per heavy atom. The number of halogens is 1. The van der Waals surface area contributed by atoms with Crippen LogP contribution in [0.2, 0.25) is 5.02 Å². The van der Waals surface area contributed by atoms with Gasteiger partial charge in [0, 0.05) is 18.0 Å². The van der Waals surface area contributed by atoms with Gasteiger partial charge < -0.3 is 15.8 Å². The first-order valence-electron chi connectivity index (χ1n) is 2.94. The summed E-state index contributed by atoms with van der Waals surface area (Å²) in [6.07, 6.45) is 3.32. The van der Waals surface area contributed by atoms with E-state index in [2.05, 4.69) is 4.98 Å². The van der Waals surface area contributed by atoms with E-state index in [1.165, 1.54) is 0 Å². The van der Waals surface area contributed by atoms with Crippen LogP contribution in [0.25, 0.3) is 0 Å². The second-order valence-electron chi connectivity index (χ2n) is 2.05. The van der Waals surface area contributed by atoms with Crippen molar-refractivity contribution in [2.75, 3.05) is 6.61 Å². The van der Waals surface area contributed by atoms with Crippen LogP contribution in [0, 0.1) is 0 Å². The lowest BCUT2D eigenvalue weighted by atomic mass is 10.2. The summed E-state index contributed by atoms with van der Waals surface area (Å²) in [6, 6.07) is -0.376. The molecule has 1 atom stereocenters. The van der Waals surface area contributed by atoms with E-state index in [1.54, 1.807) is 12.4 Å². The third-order valence-corrected chi connectivity index (χ3v) is 1.65. The van der Waals surface area contributed by atoms with E-state index in [9.17, 15) is 0 Å². The number of rotatable bonds is 2. The molecule has 4 N–H and O–H groups in total. The molecule has 10 heavy (non-hydrogen) atoms. The Morgan fingerprint density at radius 2 is 2.40 bits per heavy atom. The van der Waals surface area contributed by atoms with Gasteiger partial charge in [0.25, 0.3) is 0 Å². The topological polar surface area (TPSA) is 62.0 Å². The van der Waals surface area contributed by atoms with Gasteiger partial charge in [-0.2, -0.15) is 0 Å². The van der Waals surface area contributed by atoms with Gasteiger partial charge in [-0.25, -0.2) is 0 Å². The quantitative estimate of drug-likeness (QED) is 0.595. The lowest BCUT2D eigenvalue weighted by Crippen LogP contribution is -2.13. The van der Waals surface area contributed by atoms with Crippen LogP contribution in [0.3, 0.4) is 0 Å². The molecule has 4 heteroatoms. The van der Waals surface area contributed by atoms with Gasteiger partial charge in [0.1, 0.15) is 0 Å². The highest BCUT2D eigenvalue weighted by molar-refractivity contribution is 6.31. The first-order valence-corrected chi connectivity index (χ1v) is 3.32. The van der Waals surface area contributed by atoms with Gasteiger partial charge in [-0.1, -0.05) is 11.6 Å². The van der Waals surface area contributed by atoms with Crippen molar-refractivity contribution >= 4 is 11.6 Å². The van der Waals surface area contributed by atoms with E-state index in [4.69, 9.17) is 22.4 Å². The predicted molar refractivity (Wildman–Crippen MR) is 39.8 cm³/mol. The maximum atomic E-state index is 8.63. The van der Waals surface area contributed by atoms with Crippen LogP contribution in [-0.4, -0.2) is 16.7 Å². The third-order valence-electron chi connectivity index (χ3n) is 1.32. The van der Waals surface area contributed by atoms with Crippen LogP contribution in [0.15, 0.2) is 12.4 Å². The fraction of sp³-hybridized carbons (Fsp3) is 0.333. The molecule has 0 aliphatic carbocycles. The molecule has 1 heterocycles. The van der Waals surface area contributed by atoms with E-state index in [0.29, 0.717) is 5.02 Å². The largest absolute Gasteiger partial charge is 0.394 e. The molecular formula is C6H9ClN2O. The van der Waals surface area contributed by atoms with Gasteiger partial charge in [-0.3, -0.25) is 0 Å². The number of aliphatic hydroxyl groups is 1. The van der Waals surface area contributed by atoms with Gasteiger partial charge in [0.15, 0.2) is 0 Å². The van der Waals surface area contributed by atoms with Crippen molar-refractivity contribution in [1.82, 2.24) is 4.98 Å². The Kier molecular flexibility index (Phi) is 2.32. The number of H-pyrrole nitrogens is 1. The Hall–Kier alpha value is -0.510. The molecule has 0 saturated carbocycles. The molecule has 0 unspecified atom stereocenters. The Labute approximate surface area is 63.8 Å². The van der Waals surface area contributed by atoms with E-state index in [1.807, 2.05) is 0 Å². The zero-order valence-electron chi connectivity index (χ0n) is 5.34. The van der Waals surface area contributed by atoms with Crippen LogP contribution in [0.4, 0.5) is 0 Å². The first kappa shape index (κ1) is 7.60. The van der Waals surface area contributed by atoms with Gasteiger partial charge in [0.05, 0.1) is 17.7 Å². The zero-order chi connectivity index (χ0) is 7.56. The summed E-state index contributed by atoms with van der Waals surface area (Å²) >= 11 is 5.69. The van der Waals surface area contributed by atoms with Crippen molar-refractivity contribution in [2.24, 2.45) is 5.73 Å². The Balaban J connectivity index is 2.82. The summed E-state index contributed by atoms with van der Waals surface area (Å²) in [5.41, 5.74) is 6.24. The molecular weight excluding hydrogens is 152 g/mol. The van der Waals surface area contributed by atoms with E-state index in [0.717, 1.165) is 5.56 Å². The lowest BCUT2D eigenvalue weighted by Gasteiger charge is -2.04. The number of aromatic amines is 1. The monoisotopic (exact) mass is 160 g/mol. The second kappa shape index (κ2) is 3.05. The van der Waals surface area contributed by atoms with Gasteiger partial charge >= 0.3 is 0 Å². The van der Waals surface area contributed by atoms with Crippen molar-refractivity contribution in [3.63, 3.8) is 0 Å². The Morgan fingerprint density at radius 3 is 2.80 bits per heavy atom. The van der Waals surface area contributed by atoms with Gasteiger partial charge in [-0.15, -0.1) is 0 Å². The molecule has 3 nitrogen and oxygen atoms in total. The summed E-state index contributed by atoms with van der Waals surface area (Å²) in [4.78, 5) is 2.79. The molecule has 0 aliphatic rings. The van der Waals surface area contributed by atoms with Crippen LogP contribution in [0.5, 0.6) is 0 Å². The molecule has 0 fully saturated rings. The summed E-state index contributed by atoms with van der Waals surface area (Å²) < 4.78 is 0. The minimum absolute atomic E-state index is 0.0857. The molecule has 0 aromatic carbocycles. The highest BCUT2D eigenvalue weighted by Crippen LogP contribution is 2.19. The average molecular weight is 161 g/mol. The van der Waals surface area contributed by atoms with Crippen LogP contribution in [-0.2, 0) is 0 Å².